The van der Waals surface area contributed by atoms with Crippen LogP contribution >= 0.6 is 0 Å². The Kier molecular flexibility index (Phi) is 4.00. The first-order valence-corrected chi connectivity index (χ1v) is 8.30. The molecule has 0 amide bonds. The lowest BCUT2D eigenvalue weighted by atomic mass is 10.3. The van der Waals surface area contributed by atoms with Gasteiger partial charge in [0.25, 0.3) is 0 Å². The number of hydrogen-bond donors (Lipinski definition) is 1. The maximum atomic E-state index is 11.6. The largest absolute Gasteiger partial charge is 0.464 e. The number of β-amino-alcohol motifs (C(OH)–C–C–N with tert-alkyl or cyclic N) is 1. The second-order valence-corrected chi connectivity index (χ2v) is 6.26. The summed E-state index contributed by atoms with van der Waals surface area (Å²) in [5.41, 5.74) is 1.25. The maximum absolute atomic E-state index is 11.6. The maximum Gasteiger partial charge on any atom is 0.358 e. The van der Waals surface area contributed by atoms with Crippen LogP contribution in [0.3, 0.4) is 0 Å². The summed E-state index contributed by atoms with van der Waals surface area (Å²) in [5.74, 6) is 1.04. The summed E-state index contributed by atoms with van der Waals surface area (Å²) in [6, 6.07) is 3.61. The molecular formula is C16H20N6O3. The predicted molar refractivity (Wildman–Crippen MR) is 89.5 cm³/mol. The number of anilines is 2. The highest BCUT2D eigenvalue weighted by atomic mass is 16.5. The minimum atomic E-state index is -0.431. The third-order valence-corrected chi connectivity index (χ3v) is 4.59. The number of carbonyl (C=O) groups is 1. The number of fused-ring (bicyclic) bond motifs is 1. The van der Waals surface area contributed by atoms with Crippen molar-refractivity contribution in [2.24, 2.45) is 0 Å². The van der Waals surface area contributed by atoms with Gasteiger partial charge in [-0.15, -0.1) is 0 Å². The molecule has 9 nitrogen and oxygen atoms in total. The van der Waals surface area contributed by atoms with E-state index in [0.29, 0.717) is 37.8 Å². The van der Waals surface area contributed by atoms with Gasteiger partial charge in [-0.3, -0.25) is 4.68 Å². The van der Waals surface area contributed by atoms with Crippen LogP contribution in [0.25, 0.3) is 0 Å². The number of carbonyl (C=O) groups excluding carboxylic acids is 1. The molecule has 9 heteroatoms. The zero-order chi connectivity index (χ0) is 17.4. The zero-order valence-corrected chi connectivity index (χ0v) is 14.0. The fraction of sp³-hybridized carbons (Fsp3) is 0.500. The Morgan fingerprint density at radius 3 is 2.96 bits per heavy atom. The number of hydrogen-bond acceptors (Lipinski definition) is 8. The van der Waals surface area contributed by atoms with Gasteiger partial charge in [0.05, 0.1) is 32.0 Å². The van der Waals surface area contributed by atoms with Crippen LogP contribution in [0.2, 0.25) is 0 Å². The molecule has 0 bridgehead atoms. The number of aliphatic hydroxyl groups excluding tert-OH is 1. The van der Waals surface area contributed by atoms with E-state index in [9.17, 15) is 9.90 Å². The van der Waals surface area contributed by atoms with Gasteiger partial charge in [-0.05, 0) is 18.6 Å². The standard InChI is InChI=1S/C16H20N6O3/c1-25-15(24)13-8-11-9-21(6-7-22(11)19-13)16-17-4-2-14(18-16)20-5-3-12(23)10-20/h2,4,8,12,23H,3,5-7,9-10H2,1H3/t12-/m1/s1. The number of methoxy groups -OCH3 is 1. The molecule has 2 aromatic heterocycles. The first-order valence-electron chi connectivity index (χ1n) is 8.30. The van der Waals surface area contributed by atoms with Gasteiger partial charge in [0, 0.05) is 25.8 Å². The Bertz CT molecular complexity index is 792. The van der Waals surface area contributed by atoms with E-state index in [-0.39, 0.29) is 6.10 Å². The average Bonchev–Trinajstić information content (AvgIpc) is 3.26. The van der Waals surface area contributed by atoms with Crippen molar-refractivity contribution in [3.05, 3.63) is 29.7 Å². The highest BCUT2D eigenvalue weighted by molar-refractivity contribution is 5.87. The van der Waals surface area contributed by atoms with Crippen molar-refractivity contribution >= 4 is 17.7 Å². The number of rotatable bonds is 3. The van der Waals surface area contributed by atoms with Gasteiger partial charge in [0.15, 0.2) is 5.69 Å². The van der Waals surface area contributed by atoms with Crippen molar-refractivity contribution in [3.8, 4) is 0 Å². The molecule has 0 radical (unpaired) electrons. The molecule has 132 valence electrons. The minimum absolute atomic E-state index is 0.292. The molecule has 0 aliphatic carbocycles. The molecule has 25 heavy (non-hydrogen) atoms. The van der Waals surface area contributed by atoms with Crippen molar-refractivity contribution in [3.63, 3.8) is 0 Å². The van der Waals surface area contributed by atoms with Crippen LogP contribution < -0.4 is 9.80 Å². The Hall–Kier alpha value is -2.68. The van der Waals surface area contributed by atoms with Crippen LogP contribution in [0.15, 0.2) is 18.3 Å². The molecule has 0 unspecified atom stereocenters. The molecule has 2 aromatic rings. The Balaban J connectivity index is 1.53. The van der Waals surface area contributed by atoms with Gasteiger partial charge in [0.1, 0.15) is 5.82 Å². The molecule has 4 rings (SSSR count). The number of esters is 1. The van der Waals surface area contributed by atoms with Crippen molar-refractivity contribution in [2.45, 2.75) is 25.6 Å². The topological polar surface area (TPSA) is 96.6 Å². The van der Waals surface area contributed by atoms with Gasteiger partial charge in [-0.25, -0.2) is 9.78 Å². The first kappa shape index (κ1) is 15.8. The fourth-order valence-corrected chi connectivity index (χ4v) is 3.26. The minimum Gasteiger partial charge on any atom is -0.464 e. The van der Waals surface area contributed by atoms with Gasteiger partial charge >= 0.3 is 5.97 Å². The van der Waals surface area contributed by atoms with Crippen LogP contribution in [0.5, 0.6) is 0 Å². The lowest BCUT2D eigenvalue weighted by Crippen LogP contribution is -2.35. The van der Waals surface area contributed by atoms with E-state index in [1.54, 1.807) is 12.3 Å². The van der Waals surface area contributed by atoms with Crippen LogP contribution in [0, 0.1) is 0 Å². The van der Waals surface area contributed by atoms with Gasteiger partial charge in [-0.1, -0.05) is 0 Å². The summed E-state index contributed by atoms with van der Waals surface area (Å²) in [6.45, 7) is 3.35. The Morgan fingerprint density at radius 2 is 2.20 bits per heavy atom. The number of aliphatic hydroxyl groups is 1. The molecule has 1 saturated heterocycles. The second kappa shape index (κ2) is 6.32. The van der Waals surface area contributed by atoms with E-state index >= 15 is 0 Å². The molecule has 0 spiro atoms. The van der Waals surface area contributed by atoms with E-state index in [1.807, 2.05) is 10.7 Å². The van der Waals surface area contributed by atoms with Crippen LogP contribution in [0.4, 0.5) is 11.8 Å². The van der Waals surface area contributed by atoms with Gasteiger partial charge in [0.2, 0.25) is 5.95 Å². The summed E-state index contributed by atoms with van der Waals surface area (Å²) in [7, 11) is 1.35. The number of nitrogens with zero attached hydrogens (tertiary/aromatic N) is 6. The van der Waals surface area contributed by atoms with Gasteiger partial charge < -0.3 is 19.6 Å². The summed E-state index contributed by atoms with van der Waals surface area (Å²) in [5, 5.41) is 14.0. The summed E-state index contributed by atoms with van der Waals surface area (Å²) < 4.78 is 6.55. The lowest BCUT2D eigenvalue weighted by Gasteiger charge is -2.28. The molecule has 1 N–H and O–H groups in total. The summed E-state index contributed by atoms with van der Waals surface area (Å²) in [4.78, 5) is 24.8. The molecule has 0 saturated carbocycles. The lowest BCUT2D eigenvalue weighted by molar-refractivity contribution is 0.0593. The zero-order valence-electron chi connectivity index (χ0n) is 14.0. The van der Waals surface area contributed by atoms with Crippen LogP contribution in [-0.2, 0) is 17.8 Å². The van der Waals surface area contributed by atoms with Crippen molar-refractivity contribution in [1.82, 2.24) is 19.7 Å². The fourth-order valence-electron chi connectivity index (χ4n) is 3.26. The predicted octanol–water partition coefficient (Wildman–Crippen LogP) is 0.0509. The molecular weight excluding hydrogens is 324 g/mol. The quantitative estimate of drug-likeness (QED) is 0.780. The van der Waals surface area contributed by atoms with E-state index in [2.05, 4.69) is 24.9 Å². The van der Waals surface area contributed by atoms with E-state index in [4.69, 9.17) is 4.74 Å². The number of aromatic nitrogens is 4. The Morgan fingerprint density at radius 1 is 1.32 bits per heavy atom. The molecule has 1 atom stereocenters. The van der Waals surface area contributed by atoms with Crippen molar-refractivity contribution in [2.75, 3.05) is 36.5 Å². The Labute approximate surface area is 144 Å². The third kappa shape index (κ3) is 3.02. The first-order chi connectivity index (χ1) is 12.1. The van der Waals surface area contributed by atoms with E-state index in [1.165, 1.54) is 7.11 Å². The van der Waals surface area contributed by atoms with Crippen LogP contribution in [0.1, 0.15) is 22.6 Å². The van der Waals surface area contributed by atoms with Crippen molar-refractivity contribution < 1.29 is 14.6 Å². The van der Waals surface area contributed by atoms with Crippen molar-refractivity contribution in [1.29, 1.82) is 0 Å². The molecule has 4 heterocycles. The third-order valence-electron chi connectivity index (χ3n) is 4.59. The molecule has 0 aromatic carbocycles. The summed E-state index contributed by atoms with van der Waals surface area (Å²) in [6.07, 6.45) is 2.21. The highest BCUT2D eigenvalue weighted by Gasteiger charge is 2.25. The van der Waals surface area contributed by atoms with E-state index < -0.39 is 5.97 Å². The number of ether oxygens (including phenoxy) is 1. The van der Waals surface area contributed by atoms with Crippen LogP contribution in [-0.4, -0.2) is 63.7 Å². The normalized spacial score (nSPS) is 19.8. The molecule has 1 fully saturated rings. The average molecular weight is 344 g/mol. The highest BCUT2D eigenvalue weighted by Crippen LogP contribution is 2.23. The molecule has 2 aliphatic rings. The second-order valence-electron chi connectivity index (χ2n) is 6.26. The van der Waals surface area contributed by atoms with Gasteiger partial charge in [-0.2, -0.15) is 10.1 Å². The van der Waals surface area contributed by atoms with E-state index in [0.717, 1.165) is 24.5 Å². The SMILES string of the molecule is COC(=O)c1cc2n(n1)CCN(c1nccc(N3CC[C@@H](O)C3)n1)C2. The monoisotopic (exact) mass is 344 g/mol. The summed E-state index contributed by atoms with van der Waals surface area (Å²) >= 11 is 0. The smallest absolute Gasteiger partial charge is 0.358 e. The molecule has 2 aliphatic heterocycles.